The minimum absolute atomic E-state index is 0.0197. The molecule has 0 atom stereocenters. The number of hydrogen-bond donors (Lipinski definition) is 0. The molecule has 1 fully saturated rings. The molecule has 0 aromatic heterocycles. The second-order valence-corrected chi connectivity index (χ2v) is 8.41. The monoisotopic (exact) mass is 450 g/mol. The summed E-state index contributed by atoms with van der Waals surface area (Å²) in [6.07, 6.45) is 4.36. The Kier molecular flexibility index (Phi) is 8.17. The molecule has 2 aromatic rings. The van der Waals surface area contributed by atoms with Crippen molar-refractivity contribution >= 4 is 28.9 Å². The van der Waals surface area contributed by atoms with Crippen LogP contribution in [0.2, 0.25) is 0 Å². The van der Waals surface area contributed by atoms with Gasteiger partial charge in [-0.2, -0.15) is 0 Å². The van der Waals surface area contributed by atoms with E-state index in [-0.39, 0.29) is 5.91 Å². The summed E-state index contributed by atoms with van der Waals surface area (Å²) < 4.78 is 11.9. The molecule has 0 N–H and O–H groups in total. The van der Waals surface area contributed by atoms with Crippen LogP contribution in [-0.4, -0.2) is 36.2 Å². The Balaban J connectivity index is 1.94. The SMILES string of the molecule is C=CCc1cc(/C=C2\SC(=NCC)N(CC)C2=O)cc(OC)c1OCc1cccc(C)c1. The molecule has 1 amide bonds. The van der Waals surface area contributed by atoms with Gasteiger partial charge in [0.05, 0.1) is 12.0 Å². The molecule has 1 aliphatic rings. The molecule has 0 unspecified atom stereocenters. The van der Waals surface area contributed by atoms with Gasteiger partial charge >= 0.3 is 0 Å². The fourth-order valence-electron chi connectivity index (χ4n) is 3.54. The second-order valence-electron chi connectivity index (χ2n) is 7.40. The summed E-state index contributed by atoms with van der Waals surface area (Å²) >= 11 is 1.41. The van der Waals surface area contributed by atoms with Crippen molar-refractivity contribution in [3.63, 3.8) is 0 Å². The van der Waals surface area contributed by atoms with E-state index < -0.39 is 0 Å². The number of nitrogens with zero attached hydrogens (tertiary/aromatic N) is 2. The number of likely N-dealkylation sites (N-methyl/N-ethyl adjacent to an activating group) is 1. The molecule has 0 spiro atoms. The van der Waals surface area contributed by atoms with Gasteiger partial charge in [0.15, 0.2) is 16.7 Å². The largest absolute Gasteiger partial charge is 0.493 e. The number of aliphatic imine (C=N–C) groups is 1. The topological polar surface area (TPSA) is 51.1 Å². The Bertz CT molecular complexity index is 1060. The molecule has 168 valence electrons. The van der Waals surface area contributed by atoms with Crippen molar-refractivity contribution in [1.82, 2.24) is 4.90 Å². The molecular formula is C26H30N2O3S. The lowest BCUT2D eigenvalue weighted by atomic mass is 10.0. The Hall–Kier alpha value is -2.99. The lowest BCUT2D eigenvalue weighted by Gasteiger charge is -2.16. The van der Waals surface area contributed by atoms with E-state index in [0.717, 1.165) is 21.9 Å². The van der Waals surface area contributed by atoms with Gasteiger partial charge in [0.2, 0.25) is 0 Å². The Morgan fingerprint density at radius 3 is 2.69 bits per heavy atom. The van der Waals surface area contributed by atoms with E-state index in [2.05, 4.69) is 30.6 Å². The molecule has 5 nitrogen and oxygen atoms in total. The number of amides is 1. The highest BCUT2D eigenvalue weighted by molar-refractivity contribution is 8.18. The Morgan fingerprint density at radius 2 is 2.03 bits per heavy atom. The first-order chi connectivity index (χ1) is 15.5. The maximum absolute atomic E-state index is 12.8. The molecule has 1 saturated heterocycles. The van der Waals surface area contributed by atoms with Gasteiger partial charge in [-0.05, 0) is 68.3 Å². The lowest BCUT2D eigenvalue weighted by molar-refractivity contribution is -0.122. The first kappa shape index (κ1) is 23.7. The first-order valence-corrected chi connectivity index (χ1v) is 11.6. The highest BCUT2D eigenvalue weighted by Crippen LogP contribution is 2.37. The van der Waals surface area contributed by atoms with Crippen LogP contribution in [0.4, 0.5) is 0 Å². The quantitative estimate of drug-likeness (QED) is 0.367. The van der Waals surface area contributed by atoms with Crippen LogP contribution in [0.25, 0.3) is 6.08 Å². The number of rotatable bonds is 9. The molecule has 1 aliphatic heterocycles. The van der Waals surface area contributed by atoms with Gasteiger partial charge in [0, 0.05) is 18.7 Å². The Morgan fingerprint density at radius 1 is 1.22 bits per heavy atom. The smallest absolute Gasteiger partial charge is 0.266 e. The number of carbonyl (C=O) groups is 1. The minimum Gasteiger partial charge on any atom is -0.493 e. The number of carbonyl (C=O) groups excluding carboxylic acids is 1. The fourth-order valence-corrected chi connectivity index (χ4v) is 4.64. The van der Waals surface area contributed by atoms with E-state index in [1.807, 2.05) is 50.3 Å². The molecule has 2 aromatic carbocycles. The number of benzene rings is 2. The van der Waals surface area contributed by atoms with Crippen LogP contribution in [-0.2, 0) is 17.8 Å². The standard InChI is InChI=1S/C26H30N2O3S/c1-6-10-21-14-20(16-23-25(29)28(8-3)26(32-23)27-7-2)15-22(30-5)24(21)31-17-19-12-9-11-18(4)13-19/h6,9,11-16H,1,7-8,10,17H2,2-5H3/b23-16-,27-26?. The van der Waals surface area contributed by atoms with Crippen LogP contribution < -0.4 is 9.47 Å². The van der Waals surface area contributed by atoms with Gasteiger partial charge in [0.1, 0.15) is 6.61 Å². The van der Waals surface area contributed by atoms with Crippen LogP contribution in [0.1, 0.15) is 36.1 Å². The third-order valence-corrected chi connectivity index (χ3v) is 6.04. The lowest BCUT2D eigenvalue weighted by Crippen LogP contribution is -2.28. The van der Waals surface area contributed by atoms with Gasteiger partial charge in [-0.3, -0.25) is 14.7 Å². The predicted molar refractivity (Wildman–Crippen MR) is 133 cm³/mol. The number of ether oxygens (including phenoxy) is 2. The number of hydrogen-bond acceptors (Lipinski definition) is 5. The summed E-state index contributed by atoms with van der Waals surface area (Å²) in [5, 5.41) is 0.752. The van der Waals surface area contributed by atoms with E-state index in [1.165, 1.54) is 17.3 Å². The van der Waals surface area contributed by atoms with Crippen molar-refractivity contribution in [2.75, 3.05) is 20.2 Å². The summed E-state index contributed by atoms with van der Waals surface area (Å²) in [7, 11) is 1.63. The number of amidine groups is 1. The summed E-state index contributed by atoms with van der Waals surface area (Å²) in [4.78, 5) is 19.6. The predicted octanol–water partition coefficient (Wildman–Crippen LogP) is 5.62. The van der Waals surface area contributed by atoms with E-state index in [9.17, 15) is 4.79 Å². The van der Waals surface area contributed by atoms with Gasteiger partial charge < -0.3 is 9.47 Å². The number of thioether (sulfide) groups is 1. The van der Waals surface area contributed by atoms with Crippen LogP contribution in [0.15, 0.2) is 59.0 Å². The summed E-state index contributed by atoms with van der Waals surface area (Å²) in [6, 6.07) is 12.2. The molecule has 1 heterocycles. The van der Waals surface area contributed by atoms with Crippen molar-refractivity contribution in [3.8, 4) is 11.5 Å². The van der Waals surface area contributed by atoms with Crippen LogP contribution in [0, 0.1) is 6.92 Å². The molecule has 0 bridgehead atoms. The minimum atomic E-state index is -0.0197. The van der Waals surface area contributed by atoms with Crippen LogP contribution >= 0.6 is 11.8 Å². The zero-order valence-corrected chi connectivity index (χ0v) is 20.0. The fraction of sp³-hybridized carbons (Fsp3) is 0.308. The van der Waals surface area contributed by atoms with Crippen molar-refractivity contribution in [1.29, 1.82) is 0 Å². The van der Waals surface area contributed by atoms with Gasteiger partial charge in [-0.25, -0.2) is 0 Å². The molecule has 0 radical (unpaired) electrons. The zero-order valence-electron chi connectivity index (χ0n) is 19.2. The molecule has 0 aliphatic carbocycles. The van der Waals surface area contributed by atoms with E-state index in [1.54, 1.807) is 12.0 Å². The van der Waals surface area contributed by atoms with Crippen molar-refractivity contribution < 1.29 is 14.3 Å². The number of methoxy groups -OCH3 is 1. The normalized spacial score (nSPS) is 16.1. The summed E-state index contributed by atoms with van der Waals surface area (Å²) in [6.45, 7) is 11.6. The average Bonchev–Trinajstić information content (AvgIpc) is 3.07. The maximum atomic E-state index is 12.8. The second kappa shape index (κ2) is 11.0. The van der Waals surface area contributed by atoms with Crippen molar-refractivity contribution in [2.24, 2.45) is 4.99 Å². The molecule has 3 rings (SSSR count). The van der Waals surface area contributed by atoms with Gasteiger partial charge in [-0.1, -0.05) is 35.9 Å². The van der Waals surface area contributed by atoms with Crippen molar-refractivity contribution in [2.45, 2.75) is 33.8 Å². The number of aryl methyl sites for hydroxylation is 1. The first-order valence-electron chi connectivity index (χ1n) is 10.8. The molecular weight excluding hydrogens is 420 g/mol. The van der Waals surface area contributed by atoms with Crippen LogP contribution in [0.3, 0.4) is 0 Å². The molecule has 0 saturated carbocycles. The Labute approximate surface area is 194 Å². The van der Waals surface area contributed by atoms with Gasteiger partial charge in [-0.15, -0.1) is 6.58 Å². The van der Waals surface area contributed by atoms with E-state index >= 15 is 0 Å². The van der Waals surface area contributed by atoms with E-state index in [4.69, 9.17) is 9.47 Å². The summed E-state index contributed by atoms with van der Waals surface area (Å²) in [5.74, 6) is 1.31. The van der Waals surface area contributed by atoms with Crippen LogP contribution in [0.5, 0.6) is 11.5 Å². The molecule has 6 heteroatoms. The third-order valence-electron chi connectivity index (χ3n) is 5.00. The molecule has 32 heavy (non-hydrogen) atoms. The third kappa shape index (κ3) is 5.43. The maximum Gasteiger partial charge on any atom is 0.266 e. The van der Waals surface area contributed by atoms with E-state index in [0.29, 0.717) is 42.5 Å². The highest BCUT2D eigenvalue weighted by atomic mass is 32.2. The van der Waals surface area contributed by atoms with Crippen molar-refractivity contribution in [3.05, 3.63) is 76.2 Å². The average molecular weight is 451 g/mol. The summed E-state index contributed by atoms with van der Waals surface area (Å²) in [5.41, 5.74) is 4.13. The number of allylic oxidation sites excluding steroid dienone is 1. The zero-order chi connectivity index (χ0) is 23.1. The highest BCUT2D eigenvalue weighted by Gasteiger charge is 2.32. The van der Waals surface area contributed by atoms with Gasteiger partial charge in [0.25, 0.3) is 5.91 Å².